The van der Waals surface area contributed by atoms with Gasteiger partial charge >= 0.3 is 12.3 Å². The maximum atomic E-state index is 13.2. The zero-order valence-electron chi connectivity index (χ0n) is 20.4. The van der Waals surface area contributed by atoms with Gasteiger partial charge < -0.3 is 15.0 Å². The number of ether oxygens (including phenoxy) is 1. The number of fused-ring (bicyclic) bond motifs is 1. The highest BCUT2D eigenvalue weighted by Gasteiger charge is 2.78. The van der Waals surface area contributed by atoms with Crippen molar-refractivity contribution in [2.24, 2.45) is 16.7 Å². The number of amides is 2. The number of nitrogens with one attached hydrogen (secondary N) is 1. The van der Waals surface area contributed by atoms with E-state index >= 15 is 0 Å². The van der Waals surface area contributed by atoms with Crippen LogP contribution in [0.25, 0.3) is 0 Å². The maximum Gasteiger partial charge on any atom is 0.418 e. The topological polar surface area (TPSA) is 71.5 Å². The molecule has 3 rings (SSSR count). The monoisotopic (exact) mass is 469 g/mol. The molecule has 0 aromatic carbocycles. The lowest BCUT2D eigenvalue weighted by Gasteiger charge is -2.30. The number of likely N-dealkylation sites (tertiary alicyclic amines) is 1. The lowest BCUT2D eigenvalue weighted by atomic mass is 9.94. The van der Waals surface area contributed by atoms with E-state index in [4.69, 9.17) is 4.74 Å². The van der Waals surface area contributed by atoms with Crippen LogP contribution in [0.1, 0.15) is 66.1 Å². The van der Waals surface area contributed by atoms with E-state index in [2.05, 4.69) is 10.3 Å². The van der Waals surface area contributed by atoms with E-state index in [1.54, 1.807) is 18.7 Å². The maximum absolute atomic E-state index is 13.2. The number of hydrogen-bond donors (Lipinski definition) is 1. The van der Waals surface area contributed by atoms with Crippen LogP contribution < -0.4 is 5.32 Å². The van der Waals surface area contributed by atoms with E-state index in [1.807, 2.05) is 34.6 Å². The van der Waals surface area contributed by atoms with E-state index in [-0.39, 0.29) is 40.9 Å². The molecular weight excluding hydrogens is 435 g/mol. The van der Waals surface area contributed by atoms with E-state index in [9.17, 15) is 22.8 Å². The summed E-state index contributed by atoms with van der Waals surface area (Å²) in [7, 11) is 0. The number of halogens is 3. The van der Waals surface area contributed by atoms with E-state index in [0.717, 1.165) is 6.07 Å². The van der Waals surface area contributed by atoms with Crippen LogP contribution in [-0.2, 0) is 22.1 Å². The Balaban J connectivity index is 1.61. The van der Waals surface area contributed by atoms with Gasteiger partial charge in [0.25, 0.3) is 0 Å². The molecule has 1 aliphatic carbocycles. The van der Waals surface area contributed by atoms with Crippen molar-refractivity contribution < 1.29 is 27.5 Å². The molecular formula is C24H34F3N3O3. The van der Waals surface area contributed by atoms with Crippen molar-refractivity contribution in [2.45, 2.75) is 78.6 Å². The predicted octanol–water partition coefficient (Wildman–Crippen LogP) is 4.82. The average Bonchev–Trinajstić information content (AvgIpc) is 2.96. The Morgan fingerprint density at radius 2 is 1.73 bits per heavy atom. The van der Waals surface area contributed by atoms with Gasteiger partial charge in [0.05, 0.1) is 17.2 Å². The number of carbonyl (C=O) groups is 2. The Kier molecular flexibility index (Phi) is 6.04. The molecule has 2 heterocycles. The molecule has 1 saturated carbocycles. The summed E-state index contributed by atoms with van der Waals surface area (Å²) < 4.78 is 45.2. The zero-order chi connectivity index (χ0) is 25.0. The molecule has 6 nitrogen and oxygen atoms in total. The lowest BCUT2D eigenvalue weighted by molar-refractivity contribution is -0.138. The fourth-order valence-corrected chi connectivity index (χ4v) is 5.18. The second-order valence-corrected chi connectivity index (χ2v) is 11.5. The van der Waals surface area contributed by atoms with Crippen molar-refractivity contribution in [1.29, 1.82) is 0 Å². The fraction of sp³-hybridized carbons (Fsp3) is 0.708. The summed E-state index contributed by atoms with van der Waals surface area (Å²) in [6.07, 6.45) is -3.10. The normalized spacial score (nSPS) is 27.2. The van der Waals surface area contributed by atoms with E-state index in [0.29, 0.717) is 19.5 Å². The molecule has 2 fully saturated rings. The molecule has 1 saturated heterocycles. The Labute approximate surface area is 193 Å². The van der Waals surface area contributed by atoms with Gasteiger partial charge in [-0.1, -0.05) is 13.8 Å². The Morgan fingerprint density at radius 3 is 2.24 bits per heavy atom. The molecule has 0 bridgehead atoms. The third kappa shape index (κ3) is 4.96. The van der Waals surface area contributed by atoms with Crippen LogP contribution in [0.4, 0.5) is 18.0 Å². The summed E-state index contributed by atoms with van der Waals surface area (Å²) in [6, 6.07) is 2.30. The summed E-state index contributed by atoms with van der Waals surface area (Å²) >= 11 is 0. The fourth-order valence-electron chi connectivity index (χ4n) is 5.18. The number of nitrogens with zero attached hydrogens (tertiary/aromatic N) is 2. The third-order valence-electron chi connectivity index (χ3n) is 7.09. The minimum atomic E-state index is -4.47. The molecule has 0 spiro atoms. The van der Waals surface area contributed by atoms with Crippen molar-refractivity contribution in [2.75, 3.05) is 13.1 Å². The molecule has 1 aromatic rings. The van der Waals surface area contributed by atoms with Gasteiger partial charge in [-0.3, -0.25) is 9.78 Å². The molecule has 2 amide bonds. The van der Waals surface area contributed by atoms with Crippen molar-refractivity contribution in [3.63, 3.8) is 0 Å². The Hall–Kier alpha value is -2.32. The number of alkyl halides is 3. The van der Waals surface area contributed by atoms with Gasteiger partial charge in [-0.05, 0) is 59.6 Å². The first-order valence-corrected chi connectivity index (χ1v) is 11.2. The van der Waals surface area contributed by atoms with Gasteiger partial charge in [0, 0.05) is 35.7 Å². The van der Waals surface area contributed by atoms with Gasteiger partial charge in [0.1, 0.15) is 5.60 Å². The van der Waals surface area contributed by atoms with Crippen molar-refractivity contribution in [1.82, 2.24) is 15.2 Å². The van der Waals surface area contributed by atoms with Gasteiger partial charge in [-0.25, -0.2) is 4.79 Å². The van der Waals surface area contributed by atoms with Gasteiger partial charge in [-0.15, -0.1) is 0 Å². The summed E-state index contributed by atoms with van der Waals surface area (Å²) in [5, 5.41) is 3.03. The smallest absolute Gasteiger partial charge is 0.418 e. The van der Waals surface area contributed by atoms with Gasteiger partial charge in [0.2, 0.25) is 5.91 Å². The first-order valence-electron chi connectivity index (χ1n) is 11.2. The molecule has 1 aromatic heterocycles. The van der Waals surface area contributed by atoms with Crippen LogP contribution >= 0.6 is 0 Å². The molecule has 184 valence electrons. The van der Waals surface area contributed by atoms with Gasteiger partial charge in [0.15, 0.2) is 0 Å². The number of pyridine rings is 1. The number of piperidine rings is 1. The average molecular weight is 470 g/mol. The first kappa shape index (κ1) is 25.3. The van der Waals surface area contributed by atoms with Crippen LogP contribution in [-0.4, -0.2) is 46.1 Å². The molecule has 2 aliphatic rings. The number of rotatable bonds is 5. The highest BCUT2D eigenvalue weighted by atomic mass is 19.4. The summed E-state index contributed by atoms with van der Waals surface area (Å²) in [4.78, 5) is 31.2. The van der Waals surface area contributed by atoms with Crippen LogP contribution in [0.15, 0.2) is 18.3 Å². The van der Waals surface area contributed by atoms with Crippen LogP contribution in [0.5, 0.6) is 0 Å². The van der Waals surface area contributed by atoms with Crippen LogP contribution in [0, 0.1) is 16.7 Å². The number of aryl methyl sites for hydroxylation is 1. The van der Waals surface area contributed by atoms with Crippen LogP contribution in [0.2, 0.25) is 0 Å². The molecule has 9 heteroatoms. The number of carbonyl (C=O) groups excluding carboxylic acids is 2. The van der Waals surface area contributed by atoms with E-state index < -0.39 is 22.9 Å². The van der Waals surface area contributed by atoms with E-state index in [1.165, 1.54) is 12.3 Å². The molecule has 33 heavy (non-hydrogen) atoms. The largest absolute Gasteiger partial charge is 0.444 e. The first-order chi connectivity index (χ1) is 14.9. The Bertz CT molecular complexity index is 923. The molecule has 1 N–H and O–H groups in total. The second kappa shape index (κ2) is 7.87. The van der Waals surface area contributed by atoms with Gasteiger partial charge in [-0.2, -0.15) is 13.2 Å². The molecule has 1 unspecified atom stereocenters. The predicted molar refractivity (Wildman–Crippen MR) is 117 cm³/mol. The lowest BCUT2D eigenvalue weighted by Crippen LogP contribution is -2.47. The highest BCUT2D eigenvalue weighted by molar-refractivity contribution is 5.86. The number of aromatic nitrogens is 1. The minimum Gasteiger partial charge on any atom is -0.444 e. The minimum absolute atomic E-state index is 0.0254. The number of hydrogen-bond acceptors (Lipinski definition) is 4. The third-order valence-corrected chi connectivity index (χ3v) is 7.09. The van der Waals surface area contributed by atoms with Crippen molar-refractivity contribution in [3.05, 3.63) is 29.6 Å². The SMILES string of the molecule is CC(C)(CCc1ncccc1C(F)(F)F)NC(=O)C1[C@]2(C)CN(C(=O)OC(C)(C)C)C[C@]12C. The van der Waals surface area contributed by atoms with Crippen LogP contribution in [0.3, 0.4) is 0 Å². The Morgan fingerprint density at radius 1 is 1.15 bits per heavy atom. The van der Waals surface area contributed by atoms with Crippen molar-refractivity contribution in [3.8, 4) is 0 Å². The summed E-state index contributed by atoms with van der Waals surface area (Å²) in [5.74, 6) is -0.408. The quantitative estimate of drug-likeness (QED) is 0.671. The summed E-state index contributed by atoms with van der Waals surface area (Å²) in [6.45, 7) is 13.9. The molecule has 3 atom stereocenters. The molecule has 1 aliphatic heterocycles. The van der Waals surface area contributed by atoms with Crippen molar-refractivity contribution >= 4 is 12.0 Å². The second-order valence-electron chi connectivity index (χ2n) is 11.5. The standard InChI is InChI=1S/C24H34F3N3O3/c1-20(2,3)33-19(32)30-13-22(6)17(23(22,7)14-30)18(31)29-21(4,5)11-10-16-15(24(25,26)27)9-8-12-28-16/h8-9,12,17H,10-11,13-14H2,1-7H3,(H,29,31)/t17?,22-,23+. The highest BCUT2D eigenvalue weighted by Crippen LogP contribution is 2.72. The summed E-state index contributed by atoms with van der Waals surface area (Å²) in [5.41, 5.74) is -2.81. The zero-order valence-corrected chi connectivity index (χ0v) is 20.4. The molecule has 0 radical (unpaired) electrons.